The molecule has 0 aliphatic rings. The molecule has 0 fully saturated rings. The lowest BCUT2D eigenvalue weighted by atomic mass is 10.1. The number of halogens is 1. The molecule has 0 aliphatic heterocycles. The van der Waals surface area contributed by atoms with Crippen LogP contribution in [0.4, 0.5) is 11.4 Å². The number of nitrogens with two attached hydrogens (primary N) is 1. The molecular weight excluding hydrogens is 354 g/mol. The van der Waals surface area contributed by atoms with Gasteiger partial charge in [-0.1, -0.05) is 23.7 Å². The number of hydrogen-bond acceptors (Lipinski definition) is 5. The van der Waals surface area contributed by atoms with Gasteiger partial charge in [0.15, 0.2) is 0 Å². The number of rotatable bonds is 6. The lowest BCUT2D eigenvalue weighted by Gasteiger charge is -2.17. The molecule has 0 radical (unpaired) electrons. The molecule has 0 aliphatic carbocycles. The van der Waals surface area contributed by atoms with Crippen molar-refractivity contribution in [2.75, 3.05) is 5.32 Å². The molecule has 128 valence electrons. The van der Waals surface area contributed by atoms with E-state index in [4.69, 9.17) is 16.7 Å². The van der Waals surface area contributed by atoms with E-state index >= 15 is 0 Å². The van der Waals surface area contributed by atoms with Gasteiger partial charge in [-0.25, -0.2) is 13.6 Å². The van der Waals surface area contributed by atoms with E-state index in [9.17, 15) is 18.5 Å². The topological polar surface area (TPSA) is 115 Å². The summed E-state index contributed by atoms with van der Waals surface area (Å²) in [6.07, 6.45) is 0.585. The van der Waals surface area contributed by atoms with Gasteiger partial charge in [0.2, 0.25) is 10.0 Å². The van der Waals surface area contributed by atoms with E-state index in [0.717, 1.165) is 11.6 Å². The van der Waals surface area contributed by atoms with E-state index in [-0.39, 0.29) is 22.3 Å². The third-order valence-electron chi connectivity index (χ3n) is 3.32. The summed E-state index contributed by atoms with van der Waals surface area (Å²) in [4.78, 5) is 9.84. The van der Waals surface area contributed by atoms with Gasteiger partial charge in [0, 0.05) is 23.2 Å². The van der Waals surface area contributed by atoms with E-state index < -0.39 is 14.9 Å². The molecule has 9 heteroatoms. The first-order valence-electron chi connectivity index (χ1n) is 6.99. The number of sulfonamides is 1. The van der Waals surface area contributed by atoms with Crippen LogP contribution in [0.5, 0.6) is 0 Å². The Hall–Kier alpha value is -2.16. The van der Waals surface area contributed by atoms with Crippen molar-refractivity contribution in [1.29, 1.82) is 0 Å². The summed E-state index contributed by atoms with van der Waals surface area (Å²) in [5.41, 5.74) is 0.853. The van der Waals surface area contributed by atoms with Crippen LogP contribution in [-0.2, 0) is 16.4 Å². The van der Waals surface area contributed by atoms with E-state index in [1.807, 2.05) is 25.1 Å². The molecule has 2 rings (SSSR count). The third kappa shape index (κ3) is 4.67. The highest BCUT2D eigenvalue weighted by atomic mass is 35.5. The van der Waals surface area contributed by atoms with Gasteiger partial charge in [-0.3, -0.25) is 10.1 Å². The number of non-ortho nitro benzene ring substituents is 1. The van der Waals surface area contributed by atoms with Crippen molar-refractivity contribution in [2.24, 2.45) is 5.14 Å². The highest BCUT2D eigenvalue weighted by Crippen LogP contribution is 2.26. The summed E-state index contributed by atoms with van der Waals surface area (Å²) in [6.45, 7) is 1.86. The summed E-state index contributed by atoms with van der Waals surface area (Å²) in [6, 6.07) is 10.7. The van der Waals surface area contributed by atoms with Crippen LogP contribution >= 0.6 is 11.6 Å². The van der Waals surface area contributed by atoms with Crippen molar-refractivity contribution in [3.63, 3.8) is 0 Å². The fourth-order valence-corrected chi connectivity index (χ4v) is 3.24. The maximum absolute atomic E-state index is 11.7. The van der Waals surface area contributed by atoms with Crippen LogP contribution < -0.4 is 10.5 Å². The second kappa shape index (κ2) is 7.16. The van der Waals surface area contributed by atoms with Crippen LogP contribution in [0.25, 0.3) is 0 Å². The van der Waals surface area contributed by atoms with Gasteiger partial charge >= 0.3 is 0 Å². The predicted octanol–water partition coefficient (Wildman–Crippen LogP) is 2.94. The molecule has 0 bridgehead atoms. The molecule has 2 aromatic rings. The fraction of sp³-hybridized carbons (Fsp3) is 0.200. The first-order valence-corrected chi connectivity index (χ1v) is 8.91. The van der Waals surface area contributed by atoms with Crippen molar-refractivity contribution in [2.45, 2.75) is 24.3 Å². The van der Waals surface area contributed by atoms with Crippen LogP contribution in [0.15, 0.2) is 47.4 Å². The zero-order chi connectivity index (χ0) is 17.9. The Labute approximate surface area is 144 Å². The zero-order valence-electron chi connectivity index (χ0n) is 12.8. The van der Waals surface area contributed by atoms with E-state index in [1.165, 1.54) is 12.1 Å². The molecule has 3 N–H and O–H groups in total. The number of benzene rings is 2. The number of nitrogens with one attached hydrogen (secondary N) is 1. The van der Waals surface area contributed by atoms with E-state index in [2.05, 4.69) is 5.32 Å². The Bertz CT molecular complexity index is 871. The van der Waals surface area contributed by atoms with Crippen LogP contribution in [0.2, 0.25) is 5.02 Å². The first-order chi connectivity index (χ1) is 11.2. The van der Waals surface area contributed by atoms with Gasteiger partial charge in [-0.15, -0.1) is 0 Å². The number of nitro benzene ring substituents is 1. The largest absolute Gasteiger partial charge is 0.381 e. The average Bonchev–Trinajstić information content (AvgIpc) is 2.46. The SMILES string of the molecule is C[C@@H](Cc1cccc(Cl)c1)Nc1ccc([N+](=O)[O-])cc1S(N)(=O)=O. The molecule has 0 aromatic heterocycles. The van der Waals surface area contributed by atoms with Gasteiger partial charge in [0.1, 0.15) is 4.90 Å². The summed E-state index contributed by atoms with van der Waals surface area (Å²) < 4.78 is 23.4. The molecule has 0 amide bonds. The van der Waals surface area contributed by atoms with Crippen LogP contribution in [-0.4, -0.2) is 19.4 Å². The minimum absolute atomic E-state index is 0.148. The predicted molar refractivity (Wildman–Crippen MR) is 92.7 cm³/mol. The smallest absolute Gasteiger partial charge is 0.270 e. The standard InChI is InChI=1S/C15H16ClN3O4S/c1-10(7-11-3-2-4-12(16)8-11)18-14-6-5-13(19(20)21)9-15(14)24(17,22)23/h2-6,8-10,18H,7H2,1H3,(H2,17,22,23)/t10-/m0/s1. The third-order valence-corrected chi connectivity index (χ3v) is 4.50. The second-order valence-corrected chi connectivity index (χ2v) is 7.33. The minimum Gasteiger partial charge on any atom is -0.381 e. The first kappa shape index (κ1) is 18.2. The van der Waals surface area contributed by atoms with Crippen molar-refractivity contribution in [3.8, 4) is 0 Å². The molecular formula is C15H16ClN3O4S. The molecule has 1 atom stereocenters. The molecule has 2 aromatic carbocycles. The molecule has 0 saturated carbocycles. The number of anilines is 1. The van der Waals surface area contributed by atoms with Crippen molar-refractivity contribution in [3.05, 3.63) is 63.2 Å². The van der Waals surface area contributed by atoms with Crippen molar-refractivity contribution >= 4 is 33.0 Å². The quantitative estimate of drug-likeness (QED) is 0.600. The van der Waals surface area contributed by atoms with Crippen LogP contribution in [0.3, 0.4) is 0 Å². The molecule has 0 saturated heterocycles. The van der Waals surface area contributed by atoms with Gasteiger partial charge in [0.05, 0.1) is 10.6 Å². The van der Waals surface area contributed by atoms with Gasteiger partial charge < -0.3 is 5.32 Å². The fourth-order valence-electron chi connectivity index (χ4n) is 2.31. The molecule has 0 spiro atoms. The number of nitro groups is 1. The number of nitrogens with zero attached hydrogens (tertiary/aromatic N) is 1. The molecule has 0 heterocycles. The molecule has 0 unspecified atom stereocenters. The number of hydrogen-bond donors (Lipinski definition) is 2. The van der Waals surface area contributed by atoms with Gasteiger partial charge in [-0.05, 0) is 37.1 Å². The Balaban J connectivity index is 2.26. The average molecular weight is 370 g/mol. The summed E-state index contributed by atoms with van der Waals surface area (Å²) >= 11 is 5.94. The van der Waals surface area contributed by atoms with Crippen LogP contribution in [0.1, 0.15) is 12.5 Å². The lowest BCUT2D eigenvalue weighted by molar-refractivity contribution is -0.385. The lowest BCUT2D eigenvalue weighted by Crippen LogP contribution is -2.21. The normalized spacial score (nSPS) is 12.6. The maximum atomic E-state index is 11.7. The van der Waals surface area contributed by atoms with Crippen molar-refractivity contribution in [1.82, 2.24) is 0 Å². The maximum Gasteiger partial charge on any atom is 0.270 e. The highest BCUT2D eigenvalue weighted by Gasteiger charge is 2.20. The van der Waals surface area contributed by atoms with E-state index in [1.54, 1.807) is 6.07 Å². The summed E-state index contributed by atoms with van der Waals surface area (Å²) in [7, 11) is -4.10. The Morgan fingerprint density at radius 1 is 1.29 bits per heavy atom. The zero-order valence-corrected chi connectivity index (χ0v) is 14.3. The monoisotopic (exact) mass is 369 g/mol. The Morgan fingerprint density at radius 2 is 2.00 bits per heavy atom. The summed E-state index contributed by atoms with van der Waals surface area (Å²) in [5, 5.41) is 19.6. The van der Waals surface area contributed by atoms with Crippen molar-refractivity contribution < 1.29 is 13.3 Å². The Morgan fingerprint density at radius 3 is 2.58 bits per heavy atom. The second-order valence-electron chi connectivity index (χ2n) is 5.36. The highest BCUT2D eigenvalue weighted by molar-refractivity contribution is 7.89. The summed E-state index contributed by atoms with van der Waals surface area (Å²) in [5.74, 6) is 0. The van der Waals surface area contributed by atoms with Gasteiger partial charge in [-0.2, -0.15) is 0 Å². The molecule has 7 nitrogen and oxygen atoms in total. The number of primary sulfonamides is 1. The van der Waals surface area contributed by atoms with E-state index in [0.29, 0.717) is 11.4 Å². The minimum atomic E-state index is -4.10. The Kier molecular flexibility index (Phi) is 5.43. The van der Waals surface area contributed by atoms with Gasteiger partial charge in [0.25, 0.3) is 5.69 Å². The molecule has 24 heavy (non-hydrogen) atoms. The van der Waals surface area contributed by atoms with Crippen LogP contribution in [0, 0.1) is 10.1 Å².